The maximum atomic E-state index is 5.30. The van der Waals surface area contributed by atoms with Crippen molar-refractivity contribution >= 4 is 0 Å². The SMILES string of the molecule is CCOCCCCCCCNCCC(C)C. The first-order valence-corrected chi connectivity index (χ1v) is 7.05. The average molecular weight is 229 g/mol. The second-order valence-electron chi connectivity index (χ2n) is 4.90. The molecule has 1 N–H and O–H groups in total. The molecule has 0 spiro atoms. The van der Waals surface area contributed by atoms with E-state index >= 15 is 0 Å². The van der Waals surface area contributed by atoms with Gasteiger partial charge >= 0.3 is 0 Å². The Hall–Kier alpha value is -0.0800. The van der Waals surface area contributed by atoms with Crippen LogP contribution in [0.25, 0.3) is 0 Å². The first kappa shape index (κ1) is 15.9. The molecular weight excluding hydrogens is 198 g/mol. The van der Waals surface area contributed by atoms with Gasteiger partial charge in [0.1, 0.15) is 0 Å². The minimum Gasteiger partial charge on any atom is -0.382 e. The lowest BCUT2D eigenvalue weighted by atomic mass is 10.1. The zero-order valence-corrected chi connectivity index (χ0v) is 11.6. The van der Waals surface area contributed by atoms with Gasteiger partial charge in [-0.2, -0.15) is 0 Å². The van der Waals surface area contributed by atoms with Crippen LogP contribution in [0.1, 0.15) is 59.3 Å². The highest BCUT2D eigenvalue weighted by atomic mass is 16.5. The molecule has 0 rings (SSSR count). The van der Waals surface area contributed by atoms with Gasteiger partial charge in [-0.3, -0.25) is 0 Å². The molecule has 0 unspecified atom stereocenters. The van der Waals surface area contributed by atoms with Crippen LogP contribution in [-0.2, 0) is 4.74 Å². The summed E-state index contributed by atoms with van der Waals surface area (Å²) in [5, 5.41) is 3.50. The number of hydrogen-bond acceptors (Lipinski definition) is 2. The van der Waals surface area contributed by atoms with Gasteiger partial charge in [0, 0.05) is 13.2 Å². The summed E-state index contributed by atoms with van der Waals surface area (Å²) in [6.45, 7) is 10.8. The van der Waals surface area contributed by atoms with Crippen molar-refractivity contribution in [2.45, 2.75) is 59.3 Å². The van der Waals surface area contributed by atoms with Crippen molar-refractivity contribution in [3.05, 3.63) is 0 Å². The second kappa shape index (κ2) is 13.0. The highest BCUT2D eigenvalue weighted by Gasteiger charge is 1.94. The Morgan fingerprint density at radius 2 is 1.62 bits per heavy atom. The fourth-order valence-corrected chi connectivity index (χ4v) is 1.64. The summed E-state index contributed by atoms with van der Waals surface area (Å²) in [6.07, 6.45) is 7.90. The van der Waals surface area contributed by atoms with E-state index in [0.29, 0.717) is 0 Å². The molecule has 0 bridgehead atoms. The topological polar surface area (TPSA) is 21.3 Å². The van der Waals surface area contributed by atoms with Crippen LogP contribution in [0.4, 0.5) is 0 Å². The second-order valence-corrected chi connectivity index (χ2v) is 4.90. The van der Waals surface area contributed by atoms with E-state index in [1.165, 1.54) is 51.6 Å². The summed E-state index contributed by atoms with van der Waals surface area (Å²) in [5.41, 5.74) is 0. The van der Waals surface area contributed by atoms with E-state index < -0.39 is 0 Å². The molecule has 0 aliphatic rings. The van der Waals surface area contributed by atoms with Crippen molar-refractivity contribution in [1.29, 1.82) is 0 Å². The van der Waals surface area contributed by atoms with Gasteiger partial charge in [-0.05, 0) is 45.2 Å². The molecule has 2 heteroatoms. The molecule has 0 amide bonds. The van der Waals surface area contributed by atoms with Crippen LogP contribution in [0, 0.1) is 5.92 Å². The summed E-state index contributed by atoms with van der Waals surface area (Å²) < 4.78 is 5.30. The van der Waals surface area contributed by atoms with E-state index in [1.807, 2.05) is 0 Å². The third kappa shape index (κ3) is 13.9. The Bertz CT molecular complexity index is 126. The van der Waals surface area contributed by atoms with Gasteiger partial charge in [-0.25, -0.2) is 0 Å². The van der Waals surface area contributed by atoms with Crippen LogP contribution in [0.15, 0.2) is 0 Å². The van der Waals surface area contributed by atoms with Crippen LogP contribution >= 0.6 is 0 Å². The zero-order chi connectivity index (χ0) is 12.1. The van der Waals surface area contributed by atoms with E-state index in [1.54, 1.807) is 0 Å². The largest absolute Gasteiger partial charge is 0.382 e. The Kier molecular flexibility index (Phi) is 12.9. The van der Waals surface area contributed by atoms with Crippen LogP contribution in [0.3, 0.4) is 0 Å². The number of unbranched alkanes of at least 4 members (excludes halogenated alkanes) is 4. The number of nitrogens with one attached hydrogen (secondary N) is 1. The molecule has 0 saturated heterocycles. The van der Waals surface area contributed by atoms with Gasteiger partial charge in [-0.1, -0.05) is 33.1 Å². The highest BCUT2D eigenvalue weighted by Crippen LogP contribution is 2.03. The van der Waals surface area contributed by atoms with Crippen molar-refractivity contribution in [3.63, 3.8) is 0 Å². The lowest BCUT2D eigenvalue weighted by Crippen LogP contribution is -2.17. The molecule has 0 atom stereocenters. The van der Waals surface area contributed by atoms with E-state index in [-0.39, 0.29) is 0 Å². The van der Waals surface area contributed by atoms with Gasteiger partial charge in [-0.15, -0.1) is 0 Å². The maximum Gasteiger partial charge on any atom is 0.0465 e. The molecule has 0 aromatic heterocycles. The molecule has 0 aliphatic heterocycles. The third-order valence-electron chi connectivity index (χ3n) is 2.74. The molecule has 0 aliphatic carbocycles. The summed E-state index contributed by atoms with van der Waals surface area (Å²) in [5.74, 6) is 0.825. The lowest BCUT2D eigenvalue weighted by Gasteiger charge is -2.06. The van der Waals surface area contributed by atoms with Gasteiger partial charge < -0.3 is 10.1 Å². The van der Waals surface area contributed by atoms with E-state index in [0.717, 1.165) is 19.1 Å². The molecule has 98 valence electrons. The average Bonchev–Trinajstić information content (AvgIpc) is 2.25. The monoisotopic (exact) mass is 229 g/mol. The summed E-state index contributed by atoms with van der Waals surface area (Å²) in [4.78, 5) is 0. The van der Waals surface area contributed by atoms with Crippen molar-refractivity contribution in [2.24, 2.45) is 5.92 Å². The summed E-state index contributed by atoms with van der Waals surface area (Å²) in [6, 6.07) is 0. The first-order chi connectivity index (χ1) is 7.77. The van der Waals surface area contributed by atoms with Crippen molar-refractivity contribution < 1.29 is 4.74 Å². The predicted octanol–water partition coefficient (Wildman–Crippen LogP) is 3.61. The maximum absolute atomic E-state index is 5.30. The molecule has 0 aromatic carbocycles. The summed E-state index contributed by atoms with van der Waals surface area (Å²) >= 11 is 0. The molecule has 0 heterocycles. The standard InChI is InChI=1S/C14H31NO/c1-4-16-13-9-7-5-6-8-11-15-12-10-14(2)3/h14-15H,4-13H2,1-3H3. The molecule has 0 radical (unpaired) electrons. The van der Waals surface area contributed by atoms with Gasteiger partial charge in [0.05, 0.1) is 0 Å². The Morgan fingerprint density at radius 1 is 0.938 bits per heavy atom. The smallest absolute Gasteiger partial charge is 0.0465 e. The Labute approximate surface area is 102 Å². The third-order valence-corrected chi connectivity index (χ3v) is 2.74. The molecule has 0 saturated carbocycles. The zero-order valence-electron chi connectivity index (χ0n) is 11.6. The number of hydrogen-bond donors (Lipinski definition) is 1. The van der Waals surface area contributed by atoms with E-state index in [4.69, 9.17) is 4.74 Å². The van der Waals surface area contributed by atoms with Crippen molar-refractivity contribution in [1.82, 2.24) is 5.32 Å². The van der Waals surface area contributed by atoms with Gasteiger partial charge in [0.2, 0.25) is 0 Å². The normalized spacial score (nSPS) is 11.2. The molecule has 0 aromatic rings. The highest BCUT2D eigenvalue weighted by molar-refractivity contribution is 4.52. The van der Waals surface area contributed by atoms with Crippen molar-refractivity contribution in [3.8, 4) is 0 Å². The predicted molar refractivity (Wildman–Crippen MR) is 71.9 cm³/mol. The quantitative estimate of drug-likeness (QED) is 0.516. The summed E-state index contributed by atoms with van der Waals surface area (Å²) in [7, 11) is 0. The van der Waals surface area contributed by atoms with Crippen LogP contribution in [0.2, 0.25) is 0 Å². The van der Waals surface area contributed by atoms with Gasteiger partial charge in [0.15, 0.2) is 0 Å². The van der Waals surface area contributed by atoms with Crippen LogP contribution in [0.5, 0.6) is 0 Å². The van der Waals surface area contributed by atoms with Crippen molar-refractivity contribution in [2.75, 3.05) is 26.3 Å². The fraction of sp³-hybridized carbons (Fsp3) is 1.00. The minimum absolute atomic E-state index is 0.825. The Morgan fingerprint density at radius 3 is 2.31 bits per heavy atom. The first-order valence-electron chi connectivity index (χ1n) is 7.05. The molecular formula is C14H31NO. The molecule has 2 nitrogen and oxygen atoms in total. The molecule has 0 fully saturated rings. The lowest BCUT2D eigenvalue weighted by molar-refractivity contribution is 0.143. The Balaban J connectivity index is 2.88. The molecule has 16 heavy (non-hydrogen) atoms. The van der Waals surface area contributed by atoms with E-state index in [2.05, 4.69) is 26.1 Å². The van der Waals surface area contributed by atoms with Crippen LogP contribution in [-0.4, -0.2) is 26.3 Å². The fourth-order valence-electron chi connectivity index (χ4n) is 1.64. The minimum atomic E-state index is 0.825. The van der Waals surface area contributed by atoms with Gasteiger partial charge in [0.25, 0.3) is 0 Å². The van der Waals surface area contributed by atoms with E-state index in [9.17, 15) is 0 Å². The number of rotatable bonds is 12. The number of ether oxygens (including phenoxy) is 1. The van der Waals surface area contributed by atoms with Crippen LogP contribution < -0.4 is 5.32 Å².